The average molecular weight is 264 g/mol. The predicted octanol–water partition coefficient (Wildman–Crippen LogP) is 0.862. The molecule has 1 saturated heterocycles. The maximum Gasteiger partial charge on any atom is 0.224 e. The molecule has 2 atom stereocenters. The van der Waals surface area contributed by atoms with Crippen LogP contribution in [-0.4, -0.2) is 35.3 Å². The number of aryl methyl sites for hydroxylation is 3. The SMILES string of the molecule is Cc1cc(C)n(CCCNC(=O)C2CNCC2C)n1. The van der Waals surface area contributed by atoms with Gasteiger partial charge in [0.25, 0.3) is 0 Å². The van der Waals surface area contributed by atoms with E-state index in [-0.39, 0.29) is 11.8 Å². The Morgan fingerprint density at radius 2 is 2.32 bits per heavy atom. The van der Waals surface area contributed by atoms with Gasteiger partial charge < -0.3 is 10.6 Å². The topological polar surface area (TPSA) is 59.0 Å². The molecule has 1 aliphatic rings. The molecule has 5 nitrogen and oxygen atoms in total. The quantitative estimate of drug-likeness (QED) is 0.776. The van der Waals surface area contributed by atoms with Crippen LogP contribution in [0.25, 0.3) is 0 Å². The van der Waals surface area contributed by atoms with Crippen molar-refractivity contribution < 1.29 is 4.79 Å². The van der Waals surface area contributed by atoms with Crippen molar-refractivity contribution in [2.24, 2.45) is 11.8 Å². The number of carbonyl (C=O) groups is 1. The Morgan fingerprint density at radius 3 is 2.89 bits per heavy atom. The molecule has 2 rings (SSSR count). The molecule has 0 radical (unpaired) electrons. The molecule has 2 heterocycles. The molecule has 19 heavy (non-hydrogen) atoms. The minimum Gasteiger partial charge on any atom is -0.356 e. The maximum atomic E-state index is 12.0. The van der Waals surface area contributed by atoms with Crippen LogP contribution in [0.5, 0.6) is 0 Å². The van der Waals surface area contributed by atoms with Crippen LogP contribution in [0.4, 0.5) is 0 Å². The number of nitrogens with one attached hydrogen (secondary N) is 2. The average Bonchev–Trinajstić information content (AvgIpc) is 2.91. The molecule has 1 aliphatic heterocycles. The van der Waals surface area contributed by atoms with Crippen molar-refractivity contribution in [3.8, 4) is 0 Å². The molecule has 0 aromatic carbocycles. The molecule has 1 aromatic heterocycles. The van der Waals surface area contributed by atoms with E-state index in [9.17, 15) is 4.79 Å². The first-order chi connectivity index (χ1) is 9.08. The van der Waals surface area contributed by atoms with E-state index in [4.69, 9.17) is 0 Å². The zero-order chi connectivity index (χ0) is 13.8. The van der Waals surface area contributed by atoms with Gasteiger partial charge in [0.1, 0.15) is 0 Å². The highest BCUT2D eigenvalue weighted by atomic mass is 16.1. The lowest BCUT2D eigenvalue weighted by Gasteiger charge is -2.14. The van der Waals surface area contributed by atoms with Gasteiger partial charge >= 0.3 is 0 Å². The fourth-order valence-corrected chi connectivity index (χ4v) is 2.63. The van der Waals surface area contributed by atoms with Crippen LogP contribution in [0, 0.1) is 25.7 Å². The van der Waals surface area contributed by atoms with Gasteiger partial charge in [-0.3, -0.25) is 9.48 Å². The fraction of sp³-hybridized carbons (Fsp3) is 0.714. The second kappa shape index (κ2) is 6.19. The Bertz CT molecular complexity index is 441. The van der Waals surface area contributed by atoms with Gasteiger partial charge in [-0.25, -0.2) is 0 Å². The highest BCUT2D eigenvalue weighted by Crippen LogP contribution is 2.15. The maximum absolute atomic E-state index is 12.0. The van der Waals surface area contributed by atoms with Crippen LogP contribution >= 0.6 is 0 Å². The summed E-state index contributed by atoms with van der Waals surface area (Å²) in [6, 6.07) is 2.07. The van der Waals surface area contributed by atoms with Gasteiger partial charge in [0.15, 0.2) is 0 Å². The Labute approximate surface area is 114 Å². The molecule has 1 amide bonds. The predicted molar refractivity (Wildman–Crippen MR) is 74.9 cm³/mol. The monoisotopic (exact) mass is 264 g/mol. The van der Waals surface area contributed by atoms with Crippen molar-refractivity contribution in [2.45, 2.75) is 33.7 Å². The van der Waals surface area contributed by atoms with Crippen LogP contribution in [0.2, 0.25) is 0 Å². The summed E-state index contributed by atoms with van der Waals surface area (Å²) in [6.45, 7) is 9.53. The highest BCUT2D eigenvalue weighted by Gasteiger charge is 2.28. The minimum absolute atomic E-state index is 0.133. The lowest BCUT2D eigenvalue weighted by atomic mass is 9.97. The molecular weight excluding hydrogens is 240 g/mol. The number of hydrogen-bond donors (Lipinski definition) is 2. The summed E-state index contributed by atoms with van der Waals surface area (Å²) in [4.78, 5) is 12.0. The van der Waals surface area contributed by atoms with E-state index in [0.29, 0.717) is 5.92 Å². The Morgan fingerprint density at radius 1 is 1.53 bits per heavy atom. The molecule has 0 bridgehead atoms. The van der Waals surface area contributed by atoms with E-state index in [1.165, 1.54) is 5.69 Å². The number of rotatable bonds is 5. The van der Waals surface area contributed by atoms with Gasteiger partial charge in [-0.1, -0.05) is 6.92 Å². The van der Waals surface area contributed by atoms with E-state index in [0.717, 1.165) is 38.3 Å². The lowest BCUT2D eigenvalue weighted by Crippen LogP contribution is -2.35. The van der Waals surface area contributed by atoms with Gasteiger partial charge in [0, 0.05) is 25.3 Å². The summed E-state index contributed by atoms with van der Waals surface area (Å²) >= 11 is 0. The van der Waals surface area contributed by atoms with Crippen LogP contribution in [0.15, 0.2) is 6.07 Å². The molecule has 1 fully saturated rings. The summed E-state index contributed by atoms with van der Waals surface area (Å²) in [7, 11) is 0. The normalized spacial score (nSPS) is 22.7. The molecule has 5 heteroatoms. The van der Waals surface area contributed by atoms with Crippen molar-refractivity contribution in [3.05, 3.63) is 17.5 Å². The number of carbonyl (C=O) groups excluding carboxylic acids is 1. The second-order valence-electron chi connectivity index (χ2n) is 5.54. The Kier molecular flexibility index (Phi) is 4.58. The zero-order valence-electron chi connectivity index (χ0n) is 12.1. The Hall–Kier alpha value is -1.36. The summed E-state index contributed by atoms with van der Waals surface area (Å²) in [5.74, 6) is 0.760. The summed E-state index contributed by atoms with van der Waals surface area (Å²) in [6.07, 6.45) is 0.919. The first-order valence-electron chi connectivity index (χ1n) is 7.07. The molecule has 2 unspecified atom stereocenters. The van der Waals surface area contributed by atoms with E-state index in [2.05, 4.69) is 35.6 Å². The molecular formula is C14H24N4O. The zero-order valence-corrected chi connectivity index (χ0v) is 12.1. The van der Waals surface area contributed by atoms with Gasteiger partial charge in [-0.05, 0) is 38.8 Å². The van der Waals surface area contributed by atoms with E-state index >= 15 is 0 Å². The highest BCUT2D eigenvalue weighted by molar-refractivity contribution is 5.79. The molecule has 0 aliphatic carbocycles. The lowest BCUT2D eigenvalue weighted by molar-refractivity contribution is -0.125. The van der Waals surface area contributed by atoms with Gasteiger partial charge in [-0.15, -0.1) is 0 Å². The first kappa shape index (κ1) is 14.1. The molecule has 1 aromatic rings. The first-order valence-corrected chi connectivity index (χ1v) is 7.07. The van der Waals surface area contributed by atoms with Crippen molar-refractivity contribution in [2.75, 3.05) is 19.6 Å². The smallest absolute Gasteiger partial charge is 0.224 e. The number of nitrogens with zero attached hydrogens (tertiary/aromatic N) is 2. The summed E-state index contributed by atoms with van der Waals surface area (Å²) in [5, 5.41) is 10.7. The Balaban J connectivity index is 1.69. The standard InChI is InChI=1S/C14H24N4O/c1-10-8-15-9-13(10)14(19)16-5-4-6-18-12(3)7-11(2)17-18/h7,10,13,15H,4-6,8-9H2,1-3H3,(H,16,19). The van der Waals surface area contributed by atoms with Crippen molar-refractivity contribution >= 4 is 5.91 Å². The number of aromatic nitrogens is 2. The summed E-state index contributed by atoms with van der Waals surface area (Å²) in [5.41, 5.74) is 2.23. The molecule has 106 valence electrons. The van der Waals surface area contributed by atoms with E-state index in [1.807, 2.05) is 11.6 Å². The van der Waals surface area contributed by atoms with Crippen molar-refractivity contribution in [1.82, 2.24) is 20.4 Å². The minimum atomic E-state index is 0.133. The molecule has 2 N–H and O–H groups in total. The second-order valence-corrected chi connectivity index (χ2v) is 5.54. The van der Waals surface area contributed by atoms with Crippen LogP contribution in [-0.2, 0) is 11.3 Å². The van der Waals surface area contributed by atoms with Crippen molar-refractivity contribution in [3.63, 3.8) is 0 Å². The van der Waals surface area contributed by atoms with E-state index in [1.54, 1.807) is 0 Å². The fourth-order valence-electron chi connectivity index (χ4n) is 2.63. The van der Waals surface area contributed by atoms with Gasteiger partial charge in [-0.2, -0.15) is 5.10 Å². The molecule has 0 saturated carbocycles. The van der Waals surface area contributed by atoms with Crippen LogP contribution < -0.4 is 10.6 Å². The van der Waals surface area contributed by atoms with Crippen LogP contribution in [0.3, 0.4) is 0 Å². The van der Waals surface area contributed by atoms with Gasteiger partial charge in [0.05, 0.1) is 11.6 Å². The molecule has 0 spiro atoms. The third kappa shape index (κ3) is 3.56. The van der Waals surface area contributed by atoms with Gasteiger partial charge in [0.2, 0.25) is 5.91 Å². The number of amides is 1. The third-order valence-corrected chi connectivity index (χ3v) is 3.80. The van der Waals surface area contributed by atoms with Crippen molar-refractivity contribution in [1.29, 1.82) is 0 Å². The number of hydrogen-bond acceptors (Lipinski definition) is 3. The third-order valence-electron chi connectivity index (χ3n) is 3.80. The summed E-state index contributed by atoms with van der Waals surface area (Å²) < 4.78 is 2.00. The van der Waals surface area contributed by atoms with E-state index < -0.39 is 0 Å². The van der Waals surface area contributed by atoms with Crippen LogP contribution in [0.1, 0.15) is 24.7 Å². The largest absolute Gasteiger partial charge is 0.356 e.